The van der Waals surface area contributed by atoms with Crippen molar-refractivity contribution < 1.29 is 18.0 Å². The van der Waals surface area contributed by atoms with Gasteiger partial charge in [-0.3, -0.25) is 9.69 Å². The van der Waals surface area contributed by atoms with Gasteiger partial charge in [-0.05, 0) is 62.4 Å². The summed E-state index contributed by atoms with van der Waals surface area (Å²) in [5.41, 5.74) is 2.93. The topological polar surface area (TPSA) is 48.1 Å². The lowest BCUT2D eigenvalue weighted by Crippen LogP contribution is -2.40. The Kier molecular flexibility index (Phi) is 5.55. The zero-order valence-electron chi connectivity index (χ0n) is 14.8. The molecule has 4 nitrogen and oxygen atoms in total. The summed E-state index contributed by atoms with van der Waals surface area (Å²) in [6.45, 7) is 1.73. The summed E-state index contributed by atoms with van der Waals surface area (Å²) in [5, 5.41) is 3.80. The molecule has 0 radical (unpaired) electrons. The molecular weight excluding hydrogens is 343 g/mol. The number of amides is 1. The van der Waals surface area contributed by atoms with Crippen LogP contribution in [0.15, 0.2) is 24.4 Å². The van der Waals surface area contributed by atoms with E-state index in [2.05, 4.69) is 22.4 Å². The number of carbonyl (C=O) groups is 1. The Morgan fingerprint density at radius 3 is 2.69 bits per heavy atom. The Hall–Kier alpha value is -2.02. The fourth-order valence-electron chi connectivity index (χ4n) is 3.67. The van der Waals surface area contributed by atoms with Crippen LogP contribution in [0.3, 0.4) is 0 Å². The van der Waals surface area contributed by atoms with E-state index in [1.807, 2.05) is 6.07 Å². The van der Waals surface area contributed by atoms with Gasteiger partial charge in [0.2, 0.25) is 5.91 Å². The second kappa shape index (κ2) is 7.70. The van der Waals surface area contributed by atoms with Crippen LogP contribution in [0.4, 0.5) is 18.9 Å². The number of aryl methyl sites for hydroxylation is 1. The lowest BCUT2D eigenvalue weighted by atomic mass is 9.90. The summed E-state index contributed by atoms with van der Waals surface area (Å²) < 4.78 is 37.3. The van der Waals surface area contributed by atoms with Gasteiger partial charge < -0.3 is 10.3 Å². The first kappa shape index (κ1) is 18.8. The predicted octanol–water partition coefficient (Wildman–Crippen LogP) is 4.33. The van der Waals surface area contributed by atoms with Crippen LogP contribution in [-0.2, 0) is 11.2 Å². The zero-order valence-corrected chi connectivity index (χ0v) is 14.8. The molecule has 0 aliphatic carbocycles. The second-order valence-electron chi connectivity index (χ2n) is 7.14. The minimum Gasteiger partial charge on any atom is -0.359 e. The van der Waals surface area contributed by atoms with Crippen LogP contribution in [0.25, 0.3) is 10.9 Å². The first-order chi connectivity index (χ1) is 12.3. The van der Waals surface area contributed by atoms with Crippen molar-refractivity contribution in [1.29, 1.82) is 0 Å². The number of piperidine rings is 1. The van der Waals surface area contributed by atoms with Crippen LogP contribution in [0.5, 0.6) is 0 Å². The summed E-state index contributed by atoms with van der Waals surface area (Å²) >= 11 is 0. The summed E-state index contributed by atoms with van der Waals surface area (Å²) in [7, 11) is 0. The van der Waals surface area contributed by atoms with Crippen molar-refractivity contribution in [2.75, 3.05) is 25.0 Å². The van der Waals surface area contributed by atoms with Crippen molar-refractivity contribution in [2.24, 2.45) is 5.92 Å². The Labute approximate surface area is 150 Å². The molecule has 1 aromatic carbocycles. The van der Waals surface area contributed by atoms with Crippen LogP contribution >= 0.6 is 0 Å². The smallest absolute Gasteiger partial charge is 0.359 e. The van der Waals surface area contributed by atoms with Crippen LogP contribution in [0.1, 0.15) is 31.7 Å². The lowest BCUT2D eigenvalue weighted by molar-refractivity contribution is -0.148. The standard InChI is InChI=1S/C19H24F3N3O/c1-13(26)24-18-11-23-17-5-4-15(10-16(17)18)3-2-14-6-8-25(9-7-14)12-19(20,21)22/h4-5,10-11,14,23H,2-3,6-9,12H2,1H3,(H,24,26). The molecule has 1 amide bonds. The molecule has 2 N–H and O–H groups in total. The minimum atomic E-state index is -4.11. The number of aromatic amines is 1. The Bertz CT molecular complexity index is 761. The van der Waals surface area contributed by atoms with E-state index in [9.17, 15) is 18.0 Å². The van der Waals surface area contributed by atoms with Gasteiger partial charge in [0.1, 0.15) is 0 Å². The highest BCUT2D eigenvalue weighted by Gasteiger charge is 2.32. The number of alkyl halides is 3. The van der Waals surface area contributed by atoms with Crippen LogP contribution in [0, 0.1) is 5.92 Å². The van der Waals surface area contributed by atoms with Crippen molar-refractivity contribution in [2.45, 2.75) is 38.8 Å². The third kappa shape index (κ3) is 5.00. The Morgan fingerprint density at radius 1 is 1.31 bits per heavy atom. The van der Waals surface area contributed by atoms with Gasteiger partial charge in [0.15, 0.2) is 0 Å². The number of aromatic nitrogens is 1. The number of fused-ring (bicyclic) bond motifs is 1. The summed E-state index contributed by atoms with van der Waals surface area (Å²) in [6.07, 6.45) is 1.19. The molecule has 7 heteroatoms. The van der Waals surface area contributed by atoms with Gasteiger partial charge in [-0.15, -0.1) is 0 Å². The molecule has 0 bridgehead atoms. The predicted molar refractivity (Wildman–Crippen MR) is 96.1 cm³/mol. The summed E-state index contributed by atoms with van der Waals surface area (Å²) in [6, 6.07) is 6.15. The van der Waals surface area contributed by atoms with E-state index in [1.54, 1.807) is 6.20 Å². The van der Waals surface area contributed by atoms with Crippen molar-refractivity contribution >= 4 is 22.5 Å². The monoisotopic (exact) mass is 367 g/mol. The number of halogens is 3. The third-order valence-corrected chi connectivity index (χ3v) is 5.01. The fraction of sp³-hybridized carbons (Fsp3) is 0.526. The first-order valence-electron chi connectivity index (χ1n) is 8.97. The third-order valence-electron chi connectivity index (χ3n) is 5.01. The molecule has 0 saturated carbocycles. The number of H-pyrrole nitrogens is 1. The molecule has 3 rings (SSSR count). The molecule has 0 unspecified atom stereocenters. The van der Waals surface area contributed by atoms with Crippen molar-refractivity contribution in [3.8, 4) is 0 Å². The highest BCUT2D eigenvalue weighted by atomic mass is 19.4. The second-order valence-corrected chi connectivity index (χ2v) is 7.14. The fourth-order valence-corrected chi connectivity index (χ4v) is 3.67. The molecule has 1 aromatic heterocycles. The quantitative estimate of drug-likeness (QED) is 0.826. The molecule has 0 spiro atoms. The minimum absolute atomic E-state index is 0.109. The molecule has 1 fully saturated rings. The highest BCUT2D eigenvalue weighted by Crippen LogP contribution is 2.28. The summed E-state index contributed by atoms with van der Waals surface area (Å²) in [5.74, 6) is 0.359. The van der Waals surface area contributed by atoms with Gasteiger partial charge in [-0.2, -0.15) is 13.2 Å². The number of hydrogen-bond donors (Lipinski definition) is 2. The van der Waals surface area contributed by atoms with Crippen LogP contribution < -0.4 is 5.32 Å². The molecule has 1 aliphatic heterocycles. The zero-order chi connectivity index (χ0) is 18.7. The number of carbonyl (C=O) groups excluding carboxylic acids is 1. The van der Waals surface area contributed by atoms with Gasteiger partial charge in [0.25, 0.3) is 0 Å². The average Bonchev–Trinajstić information content (AvgIpc) is 2.94. The largest absolute Gasteiger partial charge is 0.401 e. The van der Waals surface area contributed by atoms with Gasteiger partial charge >= 0.3 is 6.18 Å². The van der Waals surface area contributed by atoms with Crippen molar-refractivity contribution in [3.05, 3.63) is 30.0 Å². The van der Waals surface area contributed by atoms with E-state index in [4.69, 9.17) is 0 Å². The van der Waals surface area contributed by atoms with Gasteiger partial charge in [-0.1, -0.05) is 6.07 Å². The summed E-state index contributed by atoms with van der Waals surface area (Å²) in [4.78, 5) is 15.9. The van der Waals surface area contributed by atoms with E-state index in [0.717, 1.165) is 42.3 Å². The number of anilines is 1. The molecule has 142 valence electrons. The highest BCUT2D eigenvalue weighted by molar-refractivity contribution is 6.01. The molecule has 26 heavy (non-hydrogen) atoms. The number of benzene rings is 1. The SMILES string of the molecule is CC(=O)Nc1c[nH]c2ccc(CCC3CCN(CC(F)(F)F)CC3)cc12. The normalized spacial score (nSPS) is 16.9. The van der Waals surface area contributed by atoms with E-state index >= 15 is 0 Å². The molecule has 1 saturated heterocycles. The number of nitrogens with zero attached hydrogens (tertiary/aromatic N) is 1. The van der Waals surface area contributed by atoms with Crippen LogP contribution in [-0.4, -0.2) is 41.6 Å². The van der Waals surface area contributed by atoms with Gasteiger partial charge in [0, 0.05) is 24.0 Å². The van der Waals surface area contributed by atoms with Crippen molar-refractivity contribution in [1.82, 2.24) is 9.88 Å². The van der Waals surface area contributed by atoms with E-state index in [-0.39, 0.29) is 5.91 Å². The van der Waals surface area contributed by atoms with E-state index in [1.165, 1.54) is 17.4 Å². The molecular formula is C19H24F3N3O. The lowest BCUT2D eigenvalue weighted by Gasteiger charge is -2.32. The molecule has 1 aliphatic rings. The van der Waals surface area contributed by atoms with Crippen LogP contribution in [0.2, 0.25) is 0 Å². The average molecular weight is 367 g/mol. The van der Waals surface area contributed by atoms with Crippen molar-refractivity contribution in [3.63, 3.8) is 0 Å². The maximum atomic E-state index is 12.4. The van der Waals surface area contributed by atoms with E-state index < -0.39 is 12.7 Å². The van der Waals surface area contributed by atoms with E-state index in [0.29, 0.717) is 19.0 Å². The number of likely N-dealkylation sites (tertiary alicyclic amines) is 1. The maximum absolute atomic E-state index is 12.4. The first-order valence-corrected chi connectivity index (χ1v) is 8.97. The van der Waals surface area contributed by atoms with Gasteiger partial charge in [-0.25, -0.2) is 0 Å². The number of hydrogen-bond acceptors (Lipinski definition) is 2. The molecule has 2 aromatic rings. The maximum Gasteiger partial charge on any atom is 0.401 e. The Morgan fingerprint density at radius 2 is 2.04 bits per heavy atom. The van der Waals surface area contributed by atoms with Gasteiger partial charge in [0.05, 0.1) is 12.2 Å². The molecule has 2 heterocycles. The molecule has 0 atom stereocenters. The number of rotatable bonds is 5. The number of nitrogens with one attached hydrogen (secondary N) is 2. The Balaban J connectivity index is 1.54.